The summed E-state index contributed by atoms with van der Waals surface area (Å²) < 4.78 is 28.8. The molecule has 13 nitrogen and oxygen atoms in total. The molecular formula is C29H26ClNO12. The highest BCUT2D eigenvalue weighted by Crippen LogP contribution is 2.23. The smallest absolute Gasteiger partial charge is 0.455 e. The van der Waals surface area contributed by atoms with Crippen LogP contribution >= 0.6 is 11.6 Å². The Hall–Kier alpha value is -4.88. The van der Waals surface area contributed by atoms with Crippen LogP contribution in [-0.2, 0) is 43.5 Å². The summed E-state index contributed by atoms with van der Waals surface area (Å²) in [4.78, 5) is 59.9. The molecule has 4 aromatic rings. The van der Waals surface area contributed by atoms with Crippen LogP contribution < -0.4 is 17.0 Å². The number of hydrogen-bond acceptors (Lipinski definition) is 12. The van der Waals surface area contributed by atoms with Gasteiger partial charge in [0.15, 0.2) is 42.4 Å². The number of ether oxygens (including phenoxy) is 2. The molecule has 0 fully saturated rings. The topological polar surface area (TPSA) is 189 Å². The third-order valence-electron chi connectivity index (χ3n) is 6.25. The summed E-state index contributed by atoms with van der Waals surface area (Å²) in [6.07, 6.45) is -1.98. The van der Waals surface area contributed by atoms with E-state index < -0.39 is 54.9 Å². The van der Waals surface area contributed by atoms with Gasteiger partial charge in [-0.1, -0.05) is 48.0 Å². The first-order valence-electron chi connectivity index (χ1n) is 12.8. The zero-order chi connectivity index (χ0) is 31.1. The molecule has 2 aromatic heterocycles. The molecular weight excluding hydrogens is 590 g/mol. The molecule has 0 aliphatic carbocycles. The summed E-state index contributed by atoms with van der Waals surface area (Å²) >= 11 is 6.09. The average molecular weight is 616 g/mol. The van der Waals surface area contributed by atoms with Crippen LogP contribution in [0.25, 0.3) is 11.1 Å². The predicted octanol–water partition coefficient (Wildman–Crippen LogP) is 2.98. The van der Waals surface area contributed by atoms with E-state index in [0.717, 1.165) is 11.1 Å². The van der Waals surface area contributed by atoms with E-state index in [1.165, 1.54) is 13.8 Å². The van der Waals surface area contributed by atoms with Gasteiger partial charge in [-0.2, -0.15) is 0 Å². The number of amides is 1. The molecule has 0 saturated carbocycles. The molecule has 0 aliphatic rings. The summed E-state index contributed by atoms with van der Waals surface area (Å²) in [5.41, 5.74) is 2.47. The molecule has 0 aliphatic heterocycles. The van der Waals surface area contributed by atoms with Crippen molar-refractivity contribution in [3.63, 3.8) is 0 Å². The van der Waals surface area contributed by atoms with E-state index in [0.29, 0.717) is 10.6 Å². The summed E-state index contributed by atoms with van der Waals surface area (Å²) in [5.74, 6) is -5.37. The van der Waals surface area contributed by atoms with Crippen LogP contribution in [0.1, 0.15) is 35.0 Å². The number of benzene rings is 2. The van der Waals surface area contributed by atoms with E-state index in [2.05, 4.69) is 9.73 Å². The van der Waals surface area contributed by atoms with Gasteiger partial charge in [-0.15, -0.1) is 0 Å². The summed E-state index contributed by atoms with van der Waals surface area (Å²) in [5, 5.41) is 13.6. The Bertz CT molecular complexity index is 1710. The molecule has 14 heteroatoms. The van der Waals surface area contributed by atoms with E-state index >= 15 is 0 Å². The lowest BCUT2D eigenvalue weighted by Crippen LogP contribution is -2.44. The largest absolute Gasteiger partial charge is 0.519 e. The number of rotatable bonds is 11. The number of carbonyl (C=O) groups is 3. The summed E-state index contributed by atoms with van der Waals surface area (Å²) in [6, 6.07) is 13.6. The van der Waals surface area contributed by atoms with Crippen molar-refractivity contribution in [3.05, 3.63) is 103 Å². The highest BCUT2D eigenvalue weighted by molar-refractivity contribution is 6.32. The maximum atomic E-state index is 12.7. The summed E-state index contributed by atoms with van der Waals surface area (Å²) in [7, 11) is 0. The Morgan fingerprint density at radius 1 is 0.860 bits per heavy atom. The van der Waals surface area contributed by atoms with Gasteiger partial charge < -0.3 is 37.6 Å². The minimum absolute atomic E-state index is 0.0263. The molecule has 226 valence electrons. The average Bonchev–Trinajstić information content (AvgIpc) is 3.47. The minimum Gasteiger partial charge on any atom is -0.455 e. The molecule has 0 radical (unpaired) electrons. The van der Waals surface area contributed by atoms with Crippen LogP contribution in [-0.4, -0.2) is 35.1 Å². The van der Waals surface area contributed by atoms with Gasteiger partial charge in [0, 0.05) is 17.5 Å². The Morgan fingerprint density at radius 3 is 2.02 bits per heavy atom. The van der Waals surface area contributed by atoms with Crippen LogP contribution in [0.4, 0.5) is 0 Å². The van der Waals surface area contributed by atoms with E-state index in [9.17, 15) is 29.1 Å². The number of aliphatic hydroxyl groups is 1. The summed E-state index contributed by atoms with van der Waals surface area (Å²) in [6.45, 7) is 1.86. The number of halogens is 1. The molecule has 0 unspecified atom stereocenters. The number of esters is 2. The predicted molar refractivity (Wildman–Crippen MR) is 147 cm³/mol. The van der Waals surface area contributed by atoms with Crippen molar-refractivity contribution in [1.29, 1.82) is 0 Å². The van der Waals surface area contributed by atoms with E-state index in [-0.39, 0.29) is 35.9 Å². The highest BCUT2D eigenvalue weighted by atomic mass is 35.5. The lowest BCUT2D eigenvalue weighted by atomic mass is 9.98. The molecule has 2 heterocycles. The molecule has 43 heavy (non-hydrogen) atoms. The van der Waals surface area contributed by atoms with E-state index in [1.54, 1.807) is 24.3 Å². The normalized spacial score (nSPS) is 12.4. The van der Waals surface area contributed by atoms with Gasteiger partial charge in [-0.05, 0) is 49.1 Å². The van der Waals surface area contributed by atoms with Crippen LogP contribution in [0.2, 0.25) is 5.02 Å². The van der Waals surface area contributed by atoms with Gasteiger partial charge in [0.25, 0.3) is 0 Å². The van der Waals surface area contributed by atoms with Gasteiger partial charge in [0.1, 0.15) is 0 Å². The fourth-order valence-corrected chi connectivity index (χ4v) is 4.22. The first kappa shape index (κ1) is 31.1. The Labute approximate surface area is 247 Å². The van der Waals surface area contributed by atoms with Gasteiger partial charge in [-0.3, -0.25) is 4.79 Å². The standard InChI is InChI=1S/C29H26ClNO12/c1-15-23(42-28(36)40-15)13-38-26(34)22(32)12-21(31-25(33)27(35)39-14-24-16(2)41-29(37)43-24)10-17-6-8-18(9-7-17)19-4-3-5-20(30)11-19/h3-9,11,21-22,32H,10,12-14H2,1-2H3,(H,31,33)/t21-,22-/m1/s1. The molecule has 2 N–H and O–H groups in total. The lowest BCUT2D eigenvalue weighted by molar-refractivity contribution is -0.158. The zero-order valence-corrected chi connectivity index (χ0v) is 23.7. The SMILES string of the molecule is Cc1oc(=O)oc1COC(=O)C(=O)N[C@H](Cc1ccc(-c2cccc(Cl)c2)cc1)C[C@@H](O)C(=O)OCc1oc(=O)oc1C. The van der Waals surface area contributed by atoms with E-state index in [1.807, 2.05) is 24.3 Å². The molecule has 2 aromatic carbocycles. The van der Waals surface area contributed by atoms with Crippen LogP contribution in [0, 0.1) is 13.8 Å². The first-order chi connectivity index (χ1) is 20.5. The quantitative estimate of drug-likeness (QED) is 0.186. The minimum atomic E-state index is -1.73. The molecule has 0 saturated heterocycles. The van der Waals surface area contributed by atoms with Crippen LogP contribution in [0.3, 0.4) is 0 Å². The Balaban J connectivity index is 1.43. The Kier molecular flexibility index (Phi) is 10.0. The van der Waals surface area contributed by atoms with Gasteiger partial charge in [-0.25, -0.2) is 19.2 Å². The number of carbonyl (C=O) groups excluding carboxylic acids is 3. The first-order valence-corrected chi connectivity index (χ1v) is 13.2. The van der Waals surface area contributed by atoms with E-state index in [4.69, 9.17) is 34.3 Å². The van der Waals surface area contributed by atoms with Gasteiger partial charge >= 0.3 is 29.5 Å². The molecule has 0 bridgehead atoms. The molecule has 0 spiro atoms. The van der Waals surface area contributed by atoms with Crippen LogP contribution in [0.5, 0.6) is 0 Å². The fraction of sp³-hybridized carbons (Fsp3) is 0.276. The molecule has 4 rings (SSSR count). The van der Waals surface area contributed by atoms with Crippen LogP contribution in [0.15, 0.2) is 75.8 Å². The maximum absolute atomic E-state index is 12.7. The Morgan fingerprint density at radius 2 is 1.47 bits per heavy atom. The third-order valence-corrected chi connectivity index (χ3v) is 6.48. The number of aliphatic hydroxyl groups excluding tert-OH is 1. The maximum Gasteiger partial charge on any atom is 0.519 e. The number of hydrogen-bond donors (Lipinski definition) is 2. The van der Waals surface area contributed by atoms with Gasteiger partial charge in [0.2, 0.25) is 0 Å². The monoisotopic (exact) mass is 615 g/mol. The second-order valence-electron chi connectivity index (χ2n) is 9.38. The second kappa shape index (κ2) is 13.9. The van der Waals surface area contributed by atoms with Crippen molar-refractivity contribution < 1.29 is 46.6 Å². The molecule has 2 atom stereocenters. The highest BCUT2D eigenvalue weighted by Gasteiger charge is 2.27. The van der Waals surface area contributed by atoms with Crippen molar-refractivity contribution >= 4 is 29.4 Å². The zero-order valence-electron chi connectivity index (χ0n) is 22.9. The van der Waals surface area contributed by atoms with Gasteiger partial charge in [0.05, 0.1) is 0 Å². The number of aryl methyl sites for hydroxylation is 2. The third kappa shape index (κ3) is 8.56. The van der Waals surface area contributed by atoms with Crippen molar-refractivity contribution in [3.8, 4) is 11.1 Å². The number of nitrogens with one attached hydrogen (secondary N) is 1. The lowest BCUT2D eigenvalue weighted by Gasteiger charge is -2.21. The van der Waals surface area contributed by atoms with Crippen molar-refractivity contribution in [2.24, 2.45) is 0 Å². The second-order valence-corrected chi connectivity index (χ2v) is 9.82. The van der Waals surface area contributed by atoms with Crippen molar-refractivity contribution in [1.82, 2.24) is 5.32 Å². The van der Waals surface area contributed by atoms with Crippen molar-refractivity contribution in [2.45, 2.75) is 52.0 Å². The molecule has 1 amide bonds. The fourth-order valence-electron chi connectivity index (χ4n) is 4.03. The van der Waals surface area contributed by atoms with Crippen molar-refractivity contribution in [2.75, 3.05) is 0 Å².